The lowest BCUT2D eigenvalue weighted by Gasteiger charge is -2.27. The molecule has 2 aromatic carbocycles. The van der Waals surface area contributed by atoms with E-state index >= 15 is 0 Å². The maximum atomic E-state index is 13.9. The van der Waals surface area contributed by atoms with Gasteiger partial charge in [0.1, 0.15) is 22.7 Å². The average molecular weight is 643 g/mol. The van der Waals surface area contributed by atoms with E-state index < -0.39 is 0 Å². The highest BCUT2D eigenvalue weighted by Crippen LogP contribution is 2.34. The van der Waals surface area contributed by atoms with Gasteiger partial charge in [-0.25, -0.2) is 9.97 Å². The largest absolute Gasteiger partial charge is 0.354 e. The van der Waals surface area contributed by atoms with E-state index in [1.54, 1.807) is 10.7 Å². The summed E-state index contributed by atoms with van der Waals surface area (Å²) in [6.07, 6.45) is 9.97. The molecule has 238 valence electrons. The van der Waals surface area contributed by atoms with Gasteiger partial charge < -0.3 is 10.6 Å². The van der Waals surface area contributed by atoms with E-state index in [0.29, 0.717) is 35.2 Å². The first-order valence-corrected chi connectivity index (χ1v) is 16.7. The van der Waals surface area contributed by atoms with E-state index in [2.05, 4.69) is 69.0 Å². The second kappa shape index (κ2) is 16.3. The number of hydrogen-bond acceptors (Lipinski definition) is 8. The lowest BCUT2D eigenvalue weighted by atomic mass is 9.79. The van der Waals surface area contributed by atoms with Crippen LogP contribution in [0.5, 0.6) is 0 Å². The number of nitrogens with zero attached hydrogens (tertiary/aromatic N) is 6. The number of aryl methyl sites for hydroxylation is 1. The third-order valence-electron chi connectivity index (χ3n) is 8.17. The highest BCUT2D eigenvalue weighted by atomic mass is 32.1. The van der Waals surface area contributed by atoms with Gasteiger partial charge in [-0.3, -0.25) is 9.48 Å². The molecule has 0 radical (unpaired) electrons. The minimum atomic E-state index is -0.275. The Morgan fingerprint density at radius 3 is 2.45 bits per heavy atom. The topological polar surface area (TPSA) is 132 Å². The van der Waals surface area contributed by atoms with Gasteiger partial charge >= 0.3 is 0 Å². The summed E-state index contributed by atoms with van der Waals surface area (Å²) >= 11 is 1.30. The molecular formula is C37H38N8OS. The summed E-state index contributed by atoms with van der Waals surface area (Å²) in [5, 5.41) is 29.6. The van der Waals surface area contributed by atoms with Crippen molar-refractivity contribution in [1.82, 2.24) is 25.1 Å². The molecule has 5 rings (SSSR count). The van der Waals surface area contributed by atoms with Crippen molar-refractivity contribution in [1.29, 1.82) is 10.5 Å². The first kappa shape index (κ1) is 33.1. The smallest absolute Gasteiger partial charge is 0.228 e. The highest BCUT2D eigenvalue weighted by molar-refractivity contribution is 7.16. The second-order valence-electron chi connectivity index (χ2n) is 11.5. The van der Waals surface area contributed by atoms with Crippen molar-refractivity contribution in [2.45, 2.75) is 51.5 Å². The number of nitriles is 2. The van der Waals surface area contributed by atoms with Crippen LogP contribution >= 0.6 is 11.3 Å². The van der Waals surface area contributed by atoms with Crippen molar-refractivity contribution in [3.05, 3.63) is 107 Å². The molecule has 3 heterocycles. The van der Waals surface area contributed by atoms with Crippen LogP contribution < -0.4 is 10.6 Å². The first-order valence-electron chi connectivity index (χ1n) is 15.9. The van der Waals surface area contributed by atoms with Gasteiger partial charge in [0.05, 0.1) is 28.8 Å². The molecule has 0 saturated heterocycles. The van der Waals surface area contributed by atoms with E-state index in [1.807, 2.05) is 55.8 Å². The lowest BCUT2D eigenvalue weighted by Crippen LogP contribution is -2.33. The van der Waals surface area contributed by atoms with Gasteiger partial charge in [0.15, 0.2) is 0 Å². The molecule has 0 aliphatic rings. The molecule has 9 nitrogen and oxygen atoms in total. The summed E-state index contributed by atoms with van der Waals surface area (Å²) in [4.78, 5) is 24.1. The highest BCUT2D eigenvalue weighted by Gasteiger charge is 2.29. The maximum Gasteiger partial charge on any atom is 0.228 e. The standard InChI is InChI=1S/C37H38N8OS/c1-3-9-28(12-7-8-19-40-37-42-23-30(20-38)35(44-37)33-18-17-32(21-39)47-33)34(36(46)41-22-26-10-5-4-6-11-26)29-15-13-27(14-16-29)31-24-43-45(2)25-31/h4-6,10-11,13-18,23-25,28,34H,3,7-9,12,19,22H2,1-2H3,(H,41,46)(H,40,42,44)/t28?,34-/m0/s1. The molecule has 0 spiro atoms. The van der Waals surface area contributed by atoms with Crippen LogP contribution in [0.3, 0.4) is 0 Å². The molecule has 10 heteroatoms. The maximum absolute atomic E-state index is 13.9. The van der Waals surface area contributed by atoms with E-state index in [0.717, 1.165) is 59.2 Å². The van der Waals surface area contributed by atoms with Crippen LogP contribution in [0.25, 0.3) is 21.7 Å². The summed E-state index contributed by atoms with van der Waals surface area (Å²) in [5.41, 5.74) is 5.10. The molecular weight excluding hydrogens is 605 g/mol. The Bertz CT molecular complexity index is 1850. The van der Waals surface area contributed by atoms with Crippen LogP contribution in [-0.2, 0) is 18.4 Å². The number of aromatic nitrogens is 4. The minimum absolute atomic E-state index is 0.0474. The Morgan fingerprint density at radius 2 is 1.77 bits per heavy atom. The molecule has 0 fully saturated rings. The van der Waals surface area contributed by atoms with Gasteiger partial charge in [0.25, 0.3) is 0 Å². The third-order valence-corrected chi connectivity index (χ3v) is 9.17. The molecule has 0 saturated carbocycles. The van der Waals surface area contributed by atoms with Crippen LogP contribution in [0.2, 0.25) is 0 Å². The predicted octanol–water partition coefficient (Wildman–Crippen LogP) is 7.45. The monoisotopic (exact) mass is 642 g/mol. The first-order chi connectivity index (χ1) is 23.0. The van der Waals surface area contributed by atoms with Crippen molar-refractivity contribution in [3.8, 4) is 33.8 Å². The minimum Gasteiger partial charge on any atom is -0.354 e. The van der Waals surface area contributed by atoms with E-state index in [4.69, 9.17) is 0 Å². The predicted molar refractivity (Wildman–Crippen MR) is 185 cm³/mol. The summed E-state index contributed by atoms with van der Waals surface area (Å²) in [7, 11) is 1.90. The summed E-state index contributed by atoms with van der Waals surface area (Å²) in [5.74, 6) is 0.392. The Morgan fingerprint density at radius 1 is 0.957 bits per heavy atom. The number of anilines is 1. The number of rotatable bonds is 15. The molecule has 5 aromatic rings. The fourth-order valence-electron chi connectivity index (χ4n) is 5.83. The number of amides is 1. The molecule has 0 aliphatic heterocycles. The zero-order chi connectivity index (χ0) is 33.0. The Kier molecular flexibility index (Phi) is 11.5. The Hall–Kier alpha value is -5.32. The van der Waals surface area contributed by atoms with Gasteiger partial charge in [-0.05, 0) is 54.0 Å². The number of thiophene rings is 1. The van der Waals surface area contributed by atoms with Crippen molar-refractivity contribution in [3.63, 3.8) is 0 Å². The number of benzene rings is 2. The quantitative estimate of drug-likeness (QED) is 0.113. The molecule has 0 bridgehead atoms. The van der Waals surface area contributed by atoms with Crippen LogP contribution in [0.1, 0.15) is 66.5 Å². The van der Waals surface area contributed by atoms with Gasteiger partial charge in [0, 0.05) is 31.9 Å². The van der Waals surface area contributed by atoms with E-state index in [1.165, 1.54) is 17.5 Å². The van der Waals surface area contributed by atoms with Crippen LogP contribution in [0, 0.1) is 28.6 Å². The number of unbranched alkanes of at least 4 members (excludes halogenated alkanes) is 1. The van der Waals surface area contributed by atoms with Gasteiger partial charge in [0.2, 0.25) is 11.9 Å². The van der Waals surface area contributed by atoms with Crippen molar-refractivity contribution in [2.75, 3.05) is 11.9 Å². The zero-order valence-corrected chi connectivity index (χ0v) is 27.5. The molecule has 0 aliphatic carbocycles. The third kappa shape index (κ3) is 8.69. The van der Waals surface area contributed by atoms with Crippen molar-refractivity contribution >= 4 is 23.2 Å². The summed E-state index contributed by atoms with van der Waals surface area (Å²) in [6, 6.07) is 26.2. The zero-order valence-electron chi connectivity index (χ0n) is 26.7. The van der Waals surface area contributed by atoms with Crippen LogP contribution in [-0.4, -0.2) is 32.2 Å². The summed E-state index contributed by atoms with van der Waals surface area (Å²) < 4.78 is 1.79. The Labute approximate surface area is 280 Å². The molecule has 2 atom stereocenters. The number of carbonyl (C=O) groups is 1. The van der Waals surface area contributed by atoms with Gasteiger partial charge in [-0.1, -0.05) is 74.4 Å². The molecule has 3 aromatic heterocycles. The van der Waals surface area contributed by atoms with Crippen LogP contribution in [0.15, 0.2) is 85.3 Å². The van der Waals surface area contributed by atoms with Gasteiger partial charge in [-0.2, -0.15) is 15.6 Å². The second-order valence-corrected chi connectivity index (χ2v) is 12.6. The summed E-state index contributed by atoms with van der Waals surface area (Å²) in [6.45, 7) is 3.32. The van der Waals surface area contributed by atoms with Crippen molar-refractivity contribution in [2.24, 2.45) is 13.0 Å². The van der Waals surface area contributed by atoms with E-state index in [9.17, 15) is 15.3 Å². The van der Waals surface area contributed by atoms with Gasteiger partial charge in [-0.15, -0.1) is 11.3 Å². The number of hydrogen-bond donors (Lipinski definition) is 2. The fraction of sp³-hybridized carbons (Fsp3) is 0.297. The number of nitrogens with one attached hydrogen (secondary N) is 2. The Balaban J connectivity index is 1.26. The van der Waals surface area contributed by atoms with Crippen molar-refractivity contribution < 1.29 is 4.79 Å². The fourth-order valence-corrected chi connectivity index (χ4v) is 6.63. The lowest BCUT2D eigenvalue weighted by molar-refractivity contribution is -0.124. The molecule has 1 amide bonds. The van der Waals surface area contributed by atoms with E-state index in [-0.39, 0.29) is 17.7 Å². The molecule has 47 heavy (non-hydrogen) atoms. The average Bonchev–Trinajstić information content (AvgIpc) is 3.77. The normalized spacial score (nSPS) is 12.1. The SMILES string of the molecule is CCCC(CCCCNc1ncc(C#N)c(-c2ccc(C#N)s2)n1)[C@H](C(=O)NCc1ccccc1)c1ccc(-c2cnn(C)c2)cc1. The van der Waals surface area contributed by atoms with Crippen LogP contribution in [0.4, 0.5) is 5.95 Å². The molecule has 2 N–H and O–H groups in total. The number of carbonyl (C=O) groups excluding carboxylic acids is 1. The molecule has 1 unspecified atom stereocenters.